The maximum atomic E-state index is 14.1. The molecule has 2 aromatic heterocycles. The first-order valence-corrected chi connectivity index (χ1v) is 9.48. The highest BCUT2D eigenvalue weighted by atomic mass is 19.4. The predicted molar refractivity (Wildman–Crippen MR) is 98.9 cm³/mol. The molecule has 0 unspecified atom stereocenters. The highest BCUT2D eigenvalue weighted by molar-refractivity contribution is 5.80. The van der Waals surface area contributed by atoms with Crippen LogP contribution < -0.4 is 0 Å². The molecule has 1 aliphatic rings. The molecule has 0 N–H and O–H groups in total. The Labute approximate surface area is 169 Å². The second kappa shape index (κ2) is 7.33. The van der Waals surface area contributed by atoms with Crippen LogP contribution in [0.3, 0.4) is 0 Å². The number of hydrogen-bond acceptors (Lipinski definition) is 4. The summed E-state index contributed by atoms with van der Waals surface area (Å²) in [5.74, 6) is -2.06. The minimum absolute atomic E-state index is 0.0395. The summed E-state index contributed by atoms with van der Waals surface area (Å²) in [6, 6.07) is 6.32. The first kappa shape index (κ1) is 20.2. The summed E-state index contributed by atoms with van der Waals surface area (Å²) in [6.07, 6.45) is -3.07. The third-order valence-corrected chi connectivity index (χ3v) is 5.24. The molecular weight excluding hydrogens is 402 g/mol. The molecule has 1 fully saturated rings. The lowest BCUT2D eigenvalue weighted by Crippen LogP contribution is -2.34. The Bertz CT molecular complexity index is 1120. The van der Waals surface area contributed by atoms with Crippen LogP contribution >= 0.6 is 0 Å². The van der Waals surface area contributed by atoms with Crippen LogP contribution in [0.2, 0.25) is 0 Å². The molecule has 2 heterocycles. The van der Waals surface area contributed by atoms with Gasteiger partial charge >= 0.3 is 6.18 Å². The predicted octanol–water partition coefficient (Wildman–Crippen LogP) is 3.63. The van der Waals surface area contributed by atoms with Crippen LogP contribution in [0, 0.1) is 19.7 Å². The molecule has 1 saturated carbocycles. The number of hydrogen-bond donors (Lipinski definition) is 0. The van der Waals surface area contributed by atoms with Crippen molar-refractivity contribution in [2.45, 2.75) is 51.9 Å². The van der Waals surface area contributed by atoms with Gasteiger partial charge in [0.1, 0.15) is 5.82 Å². The molecule has 10 heteroatoms. The lowest BCUT2D eigenvalue weighted by Gasteiger charge is -2.23. The van der Waals surface area contributed by atoms with Crippen molar-refractivity contribution in [3.8, 4) is 0 Å². The van der Waals surface area contributed by atoms with Crippen LogP contribution in [0.25, 0.3) is 5.78 Å². The number of alkyl halides is 3. The molecule has 158 valence electrons. The number of amides is 1. The average Bonchev–Trinajstić information content (AvgIpc) is 3.41. The van der Waals surface area contributed by atoms with E-state index in [4.69, 9.17) is 0 Å². The average molecular weight is 421 g/mol. The van der Waals surface area contributed by atoms with Crippen molar-refractivity contribution in [3.05, 3.63) is 58.4 Å². The Morgan fingerprint density at radius 3 is 2.53 bits per heavy atom. The van der Waals surface area contributed by atoms with Crippen molar-refractivity contribution in [3.63, 3.8) is 0 Å². The van der Waals surface area contributed by atoms with Crippen LogP contribution in [-0.4, -0.2) is 36.4 Å². The van der Waals surface area contributed by atoms with E-state index in [1.165, 1.54) is 6.07 Å². The van der Waals surface area contributed by atoms with Gasteiger partial charge in [0, 0.05) is 35.1 Å². The van der Waals surface area contributed by atoms with E-state index < -0.39 is 12.0 Å². The van der Waals surface area contributed by atoms with Crippen molar-refractivity contribution in [2.75, 3.05) is 0 Å². The van der Waals surface area contributed by atoms with Gasteiger partial charge in [0.25, 0.3) is 11.6 Å². The van der Waals surface area contributed by atoms with Gasteiger partial charge in [0.2, 0.25) is 5.91 Å². The summed E-state index contributed by atoms with van der Waals surface area (Å²) in [5, 5.41) is 3.51. The van der Waals surface area contributed by atoms with Crippen LogP contribution in [0.15, 0.2) is 24.3 Å². The Balaban J connectivity index is 1.63. The smallest absolute Gasteiger partial charge is 0.335 e. The van der Waals surface area contributed by atoms with Gasteiger partial charge in [-0.1, -0.05) is 18.2 Å². The second-order valence-corrected chi connectivity index (χ2v) is 7.43. The van der Waals surface area contributed by atoms with Gasteiger partial charge in [0.05, 0.1) is 6.42 Å². The molecular formula is C20H19F4N5O. The Kier molecular flexibility index (Phi) is 4.95. The maximum Gasteiger partial charge on any atom is 0.453 e. The van der Waals surface area contributed by atoms with Crippen LogP contribution in [0.1, 0.15) is 41.2 Å². The molecule has 4 rings (SSSR count). The van der Waals surface area contributed by atoms with Gasteiger partial charge in [-0.2, -0.15) is 18.2 Å². The van der Waals surface area contributed by atoms with Gasteiger partial charge in [-0.15, -0.1) is 5.10 Å². The van der Waals surface area contributed by atoms with E-state index in [0.29, 0.717) is 22.5 Å². The second-order valence-electron chi connectivity index (χ2n) is 7.43. The van der Waals surface area contributed by atoms with E-state index >= 15 is 0 Å². The number of halogens is 4. The molecule has 0 radical (unpaired) electrons. The van der Waals surface area contributed by atoms with Gasteiger partial charge < -0.3 is 4.90 Å². The third kappa shape index (κ3) is 3.86. The topological polar surface area (TPSA) is 63.4 Å². The third-order valence-electron chi connectivity index (χ3n) is 5.24. The molecule has 3 aromatic rings. The lowest BCUT2D eigenvalue weighted by atomic mass is 10.1. The van der Waals surface area contributed by atoms with E-state index in [0.717, 1.165) is 17.4 Å². The molecule has 1 aliphatic carbocycles. The standard InChI is InChI=1S/C20H19F4N5O/c1-11-15(12(2)29-19(25-11)26-18(27-29)20(22,23)24)9-17(30)28(14-7-8-14)10-13-5-3-4-6-16(13)21/h3-6,14H,7-10H2,1-2H3. The van der Waals surface area contributed by atoms with Crippen LogP contribution in [0.5, 0.6) is 0 Å². The highest BCUT2D eigenvalue weighted by Gasteiger charge is 2.37. The first-order valence-electron chi connectivity index (χ1n) is 9.48. The fraction of sp³-hybridized carbons (Fsp3) is 0.400. The largest absolute Gasteiger partial charge is 0.453 e. The first-order chi connectivity index (χ1) is 14.1. The van der Waals surface area contributed by atoms with Crippen molar-refractivity contribution >= 4 is 11.7 Å². The molecule has 1 aromatic carbocycles. The summed E-state index contributed by atoms with van der Waals surface area (Å²) in [6.45, 7) is 3.35. The highest BCUT2D eigenvalue weighted by Crippen LogP contribution is 2.30. The van der Waals surface area contributed by atoms with Crippen molar-refractivity contribution in [1.29, 1.82) is 0 Å². The SMILES string of the molecule is Cc1nc2nc(C(F)(F)F)nn2c(C)c1CC(=O)N(Cc1ccccc1F)C1CC1. The molecule has 0 aliphatic heterocycles. The molecule has 0 bridgehead atoms. The zero-order valence-corrected chi connectivity index (χ0v) is 16.4. The minimum atomic E-state index is -4.69. The van der Waals surface area contributed by atoms with E-state index in [-0.39, 0.29) is 36.5 Å². The molecule has 0 saturated heterocycles. The van der Waals surface area contributed by atoms with Crippen molar-refractivity contribution in [1.82, 2.24) is 24.5 Å². The van der Waals surface area contributed by atoms with Crippen molar-refractivity contribution in [2.24, 2.45) is 0 Å². The number of rotatable bonds is 5. The van der Waals surface area contributed by atoms with E-state index in [1.807, 2.05) is 0 Å². The normalized spacial score (nSPS) is 14.3. The zero-order valence-electron chi connectivity index (χ0n) is 16.4. The number of aromatic nitrogens is 4. The summed E-state index contributed by atoms with van der Waals surface area (Å²) in [7, 11) is 0. The molecule has 0 spiro atoms. The fourth-order valence-corrected chi connectivity index (χ4v) is 3.45. The summed E-state index contributed by atoms with van der Waals surface area (Å²) >= 11 is 0. The van der Waals surface area contributed by atoms with Gasteiger partial charge in [-0.3, -0.25) is 4.79 Å². The number of benzene rings is 1. The molecule has 30 heavy (non-hydrogen) atoms. The van der Waals surface area contributed by atoms with E-state index in [2.05, 4.69) is 15.1 Å². The molecule has 6 nitrogen and oxygen atoms in total. The van der Waals surface area contributed by atoms with Gasteiger partial charge in [-0.25, -0.2) is 13.9 Å². The number of fused-ring (bicyclic) bond motifs is 1. The fourth-order valence-electron chi connectivity index (χ4n) is 3.45. The number of aryl methyl sites for hydroxylation is 2. The van der Waals surface area contributed by atoms with Crippen LogP contribution in [-0.2, 0) is 23.9 Å². The molecule has 0 atom stereocenters. The van der Waals surface area contributed by atoms with Crippen LogP contribution in [0.4, 0.5) is 17.6 Å². The van der Waals surface area contributed by atoms with E-state index in [1.54, 1.807) is 36.9 Å². The summed E-state index contributed by atoms with van der Waals surface area (Å²) in [4.78, 5) is 22.2. The van der Waals surface area contributed by atoms with E-state index in [9.17, 15) is 22.4 Å². The Morgan fingerprint density at radius 2 is 1.90 bits per heavy atom. The minimum Gasteiger partial charge on any atom is -0.335 e. The maximum absolute atomic E-state index is 14.1. The monoisotopic (exact) mass is 421 g/mol. The van der Waals surface area contributed by atoms with Gasteiger partial charge in [0.15, 0.2) is 0 Å². The Hall–Kier alpha value is -3.04. The summed E-state index contributed by atoms with van der Waals surface area (Å²) < 4.78 is 53.9. The number of carbonyl (C=O) groups is 1. The molecule has 1 amide bonds. The van der Waals surface area contributed by atoms with Gasteiger partial charge in [-0.05, 0) is 32.8 Å². The number of carbonyl (C=O) groups excluding carboxylic acids is 1. The zero-order chi connectivity index (χ0) is 21.6. The number of nitrogens with zero attached hydrogens (tertiary/aromatic N) is 5. The Morgan fingerprint density at radius 1 is 1.20 bits per heavy atom. The quantitative estimate of drug-likeness (QED) is 0.591. The van der Waals surface area contributed by atoms with Crippen molar-refractivity contribution < 1.29 is 22.4 Å². The lowest BCUT2D eigenvalue weighted by molar-refractivity contribution is -0.144. The summed E-state index contributed by atoms with van der Waals surface area (Å²) in [5.41, 5.74) is 1.70.